The number of hydrazine groups is 1. The monoisotopic (exact) mass is 345 g/mol. The van der Waals surface area contributed by atoms with Crippen LogP contribution in [-0.4, -0.2) is 49.4 Å². The van der Waals surface area contributed by atoms with Crippen LogP contribution in [-0.2, 0) is 16.1 Å². The highest BCUT2D eigenvalue weighted by molar-refractivity contribution is 5.66. The van der Waals surface area contributed by atoms with Gasteiger partial charge in [0.1, 0.15) is 6.61 Å². The summed E-state index contributed by atoms with van der Waals surface area (Å²) in [5.74, 6) is 0. The van der Waals surface area contributed by atoms with E-state index in [0.717, 1.165) is 31.6 Å². The molecule has 2 N–H and O–H groups in total. The minimum Gasteiger partial charge on any atom is -0.444 e. The van der Waals surface area contributed by atoms with Crippen LogP contribution in [0.3, 0.4) is 0 Å². The Kier molecular flexibility index (Phi) is 4.92. The maximum atomic E-state index is 11.8. The molecule has 1 aliphatic carbocycles. The van der Waals surface area contributed by atoms with Crippen LogP contribution in [0.1, 0.15) is 31.2 Å². The first kappa shape index (κ1) is 16.8. The Morgan fingerprint density at radius 2 is 1.88 bits per heavy atom. The molecule has 0 unspecified atom stereocenters. The van der Waals surface area contributed by atoms with Crippen LogP contribution in [0.15, 0.2) is 30.3 Å². The standard InChI is InChI=1S/C19H27N3O3/c23-18(25-10-15-4-2-1-3-5-15)21-20-16-6-8-17(9-7-16)22-11-19(12-22)13-24-14-19/h1-5,16-17,20H,6-14H2,(H,21,23)/t16-,17-. The minimum atomic E-state index is -0.416. The maximum absolute atomic E-state index is 11.8. The average molecular weight is 345 g/mol. The van der Waals surface area contributed by atoms with Gasteiger partial charge in [-0.05, 0) is 31.2 Å². The molecular formula is C19H27N3O3. The van der Waals surface area contributed by atoms with Crippen molar-refractivity contribution in [3.05, 3.63) is 35.9 Å². The fourth-order valence-corrected chi connectivity index (χ4v) is 4.15. The van der Waals surface area contributed by atoms with Gasteiger partial charge in [0.15, 0.2) is 0 Å². The van der Waals surface area contributed by atoms with Crippen molar-refractivity contribution in [2.45, 2.75) is 44.4 Å². The highest BCUT2D eigenvalue weighted by Gasteiger charge is 2.50. The van der Waals surface area contributed by atoms with Crippen molar-refractivity contribution >= 4 is 6.09 Å². The van der Waals surface area contributed by atoms with Crippen LogP contribution in [0, 0.1) is 5.41 Å². The Morgan fingerprint density at radius 3 is 2.52 bits per heavy atom. The second kappa shape index (κ2) is 7.32. The first-order valence-electron chi connectivity index (χ1n) is 9.27. The van der Waals surface area contributed by atoms with Gasteiger partial charge in [0.2, 0.25) is 0 Å². The summed E-state index contributed by atoms with van der Waals surface area (Å²) in [6.45, 7) is 4.62. The molecule has 0 atom stereocenters. The number of carbonyl (C=O) groups is 1. The topological polar surface area (TPSA) is 62.8 Å². The van der Waals surface area contributed by atoms with Gasteiger partial charge in [-0.3, -0.25) is 10.3 Å². The third-order valence-corrected chi connectivity index (χ3v) is 5.70. The summed E-state index contributed by atoms with van der Waals surface area (Å²) in [5.41, 5.74) is 7.30. The molecule has 3 aliphatic rings. The zero-order valence-corrected chi connectivity index (χ0v) is 14.6. The summed E-state index contributed by atoms with van der Waals surface area (Å²) < 4.78 is 10.6. The van der Waals surface area contributed by atoms with Gasteiger partial charge >= 0.3 is 6.09 Å². The molecule has 1 spiro atoms. The van der Waals surface area contributed by atoms with Crippen LogP contribution in [0.25, 0.3) is 0 Å². The quantitative estimate of drug-likeness (QED) is 0.800. The Morgan fingerprint density at radius 1 is 1.16 bits per heavy atom. The molecule has 6 heteroatoms. The Balaban J connectivity index is 1.10. The normalized spacial score (nSPS) is 28.0. The molecule has 136 valence electrons. The lowest BCUT2D eigenvalue weighted by Crippen LogP contribution is -2.68. The number of hydrogen-bond acceptors (Lipinski definition) is 5. The highest BCUT2D eigenvalue weighted by atomic mass is 16.6. The lowest BCUT2D eigenvalue weighted by molar-refractivity contribution is -0.200. The van der Waals surface area contributed by atoms with Crippen molar-refractivity contribution < 1.29 is 14.3 Å². The molecule has 4 rings (SSSR count). The van der Waals surface area contributed by atoms with E-state index in [4.69, 9.17) is 9.47 Å². The smallest absolute Gasteiger partial charge is 0.421 e. The molecule has 6 nitrogen and oxygen atoms in total. The van der Waals surface area contributed by atoms with E-state index in [1.165, 1.54) is 25.9 Å². The highest BCUT2D eigenvalue weighted by Crippen LogP contribution is 2.40. The molecule has 1 saturated carbocycles. The number of ether oxygens (including phenoxy) is 2. The van der Waals surface area contributed by atoms with Crippen molar-refractivity contribution in [3.8, 4) is 0 Å². The van der Waals surface area contributed by atoms with Gasteiger partial charge in [-0.1, -0.05) is 30.3 Å². The van der Waals surface area contributed by atoms with Gasteiger partial charge in [0, 0.05) is 30.6 Å². The Hall–Kier alpha value is -1.63. The minimum absolute atomic E-state index is 0.293. The largest absolute Gasteiger partial charge is 0.444 e. The average Bonchev–Trinajstić information content (AvgIpc) is 2.58. The van der Waals surface area contributed by atoms with E-state index in [9.17, 15) is 4.79 Å². The molecule has 0 aromatic heterocycles. The molecule has 3 fully saturated rings. The summed E-state index contributed by atoms with van der Waals surface area (Å²) in [6, 6.07) is 10.7. The number of rotatable bonds is 5. The number of hydrogen-bond donors (Lipinski definition) is 2. The number of carbonyl (C=O) groups excluding carboxylic acids is 1. The number of nitrogens with zero attached hydrogens (tertiary/aromatic N) is 1. The van der Waals surface area contributed by atoms with E-state index in [2.05, 4.69) is 15.8 Å². The lowest BCUT2D eigenvalue weighted by Gasteiger charge is -2.58. The van der Waals surface area contributed by atoms with Gasteiger partial charge in [-0.2, -0.15) is 0 Å². The van der Waals surface area contributed by atoms with E-state index >= 15 is 0 Å². The van der Waals surface area contributed by atoms with Gasteiger partial charge in [-0.25, -0.2) is 10.2 Å². The van der Waals surface area contributed by atoms with Crippen LogP contribution >= 0.6 is 0 Å². The number of nitrogens with one attached hydrogen (secondary N) is 2. The molecule has 0 bridgehead atoms. The van der Waals surface area contributed by atoms with Gasteiger partial charge in [0.05, 0.1) is 13.2 Å². The van der Waals surface area contributed by atoms with E-state index in [1.807, 2.05) is 30.3 Å². The maximum Gasteiger partial charge on any atom is 0.421 e. The van der Waals surface area contributed by atoms with Crippen molar-refractivity contribution in [1.29, 1.82) is 0 Å². The molecule has 1 aromatic rings. The third kappa shape index (κ3) is 3.97. The number of likely N-dealkylation sites (tertiary alicyclic amines) is 1. The van der Waals surface area contributed by atoms with E-state index in [1.54, 1.807) is 0 Å². The predicted molar refractivity (Wildman–Crippen MR) is 93.8 cm³/mol. The second-order valence-corrected chi connectivity index (χ2v) is 7.73. The van der Waals surface area contributed by atoms with Crippen molar-refractivity contribution in [2.24, 2.45) is 5.41 Å². The fraction of sp³-hybridized carbons (Fsp3) is 0.632. The first-order valence-corrected chi connectivity index (χ1v) is 9.27. The number of benzene rings is 1. The molecule has 2 aliphatic heterocycles. The second-order valence-electron chi connectivity index (χ2n) is 7.73. The molecule has 0 radical (unpaired) electrons. The summed E-state index contributed by atoms with van der Waals surface area (Å²) >= 11 is 0. The summed E-state index contributed by atoms with van der Waals surface area (Å²) in [5, 5.41) is 0. The Labute approximate surface area is 148 Å². The van der Waals surface area contributed by atoms with E-state index in [0.29, 0.717) is 24.1 Å². The summed E-state index contributed by atoms with van der Waals surface area (Å²) in [4.78, 5) is 14.4. The van der Waals surface area contributed by atoms with Crippen LogP contribution in [0.4, 0.5) is 4.79 Å². The third-order valence-electron chi connectivity index (χ3n) is 5.70. The fourth-order valence-electron chi connectivity index (χ4n) is 4.15. The SMILES string of the molecule is O=C(NN[C@H]1CC[C@H](N2CC3(COC3)C2)CC1)OCc1ccccc1. The van der Waals surface area contributed by atoms with Crippen LogP contribution < -0.4 is 10.9 Å². The molecule has 2 heterocycles. The van der Waals surface area contributed by atoms with Crippen LogP contribution in [0.2, 0.25) is 0 Å². The van der Waals surface area contributed by atoms with Crippen LogP contribution in [0.5, 0.6) is 0 Å². The zero-order valence-electron chi connectivity index (χ0n) is 14.6. The van der Waals surface area contributed by atoms with Crippen molar-refractivity contribution in [1.82, 2.24) is 15.8 Å². The van der Waals surface area contributed by atoms with Crippen molar-refractivity contribution in [2.75, 3.05) is 26.3 Å². The molecular weight excluding hydrogens is 318 g/mol. The Bertz CT molecular complexity index is 575. The first-order chi connectivity index (χ1) is 12.2. The van der Waals surface area contributed by atoms with Crippen molar-refractivity contribution in [3.63, 3.8) is 0 Å². The molecule has 1 aromatic carbocycles. The van der Waals surface area contributed by atoms with E-state index < -0.39 is 6.09 Å². The lowest BCUT2D eigenvalue weighted by atomic mass is 9.75. The molecule has 2 saturated heterocycles. The summed E-state index contributed by atoms with van der Waals surface area (Å²) in [7, 11) is 0. The van der Waals surface area contributed by atoms with E-state index in [-0.39, 0.29) is 0 Å². The van der Waals surface area contributed by atoms with Gasteiger partial charge in [-0.15, -0.1) is 0 Å². The molecule has 1 amide bonds. The zero-order chi connectivity index (χ0) is 17.1. The number of amides is 1. The predicted octanol–water partition coefficient (Wildman–Crippen LogP) is 2.06. The summed E-state index contributed by atoms with van der Waals surface area (Å²) in [6.07, 6.45) is 4.14. The molecule has 25 heavy (non-hydrogen) atoms. The van der Waals surface area contributed by atoms with Gasteiger partial charge in [0.25, 0.3) is 0 Å². The van der Waals surface area contributed by atoms with Gasteiger partial charge < -0.3 is 9.47 Å².